The van der Waals surface area contributed by atoms with Crippen molar-refractivity contribution in [3.8, 4) is 22.5 Å². The Bertz CT molecular complexity index is 1130. The third kappa shape index (κ3) is 2.81. The van der Waals surface area contributed by atoms with Gasteiger partial charge in [0.05, 0.1) is 0 Å². The molecule has 7 heteroatoms. The van der Waals surface area contributed by atoms with Crippen LogP contribution in [-0.2, 0) is 0 Å². The monoisotopic (exact) mass is 376 g/mol. The second kappa shape index (κ2) is 6.29. The average molecular weight is 376 g/mol. The molecule has 3 heterocycles. The Morgan fingerprint density at radius 3 is 2.52 bits per heavy atom. The van der Waals surface area contributed by atoms with Crippen LogP contribution in [0.4, 0.5) is 4.39 Å². The molecule has 1 aliphatic heterocycles. The summed E-state index contributed by atoms with van der Waals surface area (Å²) in [4.78, 5) is 9.01. The summed E-state index contributed by atoms with van der Waals surface area (Å²) in [6.45, 7) is 0. The maximum absolute atomic E-state index is 13.2. The highest BCUT2D eigenvalue weighted by atomic mass is 32.2. The van der Waals surface area contributed by atoms with Crippen molar-refractivity contribution in [1.29, 1.82) is 0 Å². The first kappa shape index (κ1) is 16.2. The fourth-order valence-corrected chi connectivity index (χ4v) is 3.93. The zero-order chi connectivity index (χ0) is 18.4. The van der Waals surface area contributed by atoms with Crippen molar-refractivity contribution in [3.05, 3.63) is 78.2 Å². The normalized spacial score (nSPS) is 15.3. The highest BCUT2D eigenvalue weighted by Crippen LogP contribution is 2.40. The summed E-state index contributed by atoms with van der Waals surface area (Å²) in [7, 11) is 0. The zero-order valence-corrected chi connectivity index (χ0v) is 14.8. The molecule has 5 rings (SSSR count). The molecule has 0 aliphatic carbocycles. The van der Waals surface area contributed by atoms with Crippen molar-refractivity contribution in [3.63, 3.8) is 0 Å². The van der Waals surface area contributed by atoms with Crippen molar-refractivity contribution in [2.45, 2.75) is 16.4 Å². The number of halogens is 1. The van der Waals surface area contributed by atoms with Crippen LogP contribution in [0.1, 0.15) is 11.8 Å². The van der Waals surface area contributed by atoms with E-state index in [1.165, 1.54) is 28.6 Å². The fraction of sp³-hybridized carbons (Fsp3) is 0.0500. The first-order valence-electron chi connectivity index (χ1n) is 8.33. The molecule has 1 N–H and O–H groups in total. The van der Waals surface area contributed by atoms with Crippen LogP contribution in [0.25, 0.3) is 22.5 Å². The number of hydrogen-bond acceptors (Lipinski definition) is 5. The molecule has 2 aromatic carbocycles. The molecule has 2 aromatic heterocycles. The van der Waals surface area contributed by atoms with Gasteiger partial charge in [-0.25, -0.2) is 19.0 Å². The average Bonchev–Trinajstić information content (AvgIpc) is 3.14. The van der Waals surface area contributed by atoms with E-state index in [-0.39, 0.29) is 5.82 Å². The molecule has 0 radical (unpaired) electrons. The van der Waals surface area contributed by atoms with Crippen molar-refractivity contribution in [2.75, 3.05) is 0 Å². The van der Waals surface area contributed by atoms with Gasteiger partial charge in [0.1, 0.15) is 10.8 Å². The highest BCUT2D eigenvalue weighted by Gasteiger charge is 2.29. The van der Waals surface area contributed by atoms with Gasteiger partial charge >= 0.3 is 0 Å². The summed E-state index contributed by atoms with van der Waals surface area (Å²) in [6, 6.07) is 17.7. The van der Waals surface area contributed by atoms with Crippen LogP contribution in [0.3, 0.4) is 0 Å². The molecule has 1 atom stereocenters. The van der Waals surface area contributed by atoms with Gasteiger partial charge in [0.2, 0.25) is 0 Å². The lowest BCUT2D eigenvalue weighted by molar-refractivity contribution is 0.115. The number of pyridine rings is 1. The van der Waals surface area contributed by atoms with Gasteiger partial charge in [0.15, 0.2) is 17.2 Å². The number of aliphatic hydroxyl groups is 1. The van der Waals surface area contributed by atoms with Gasteiger partial charge in [-0.1, -0.05) is 42.5 Å². The SMILES string of the molecule is O[C@H]1c2cc(-c3ccc(F)cc3)cnc2Sc2nc(-c3ccccc3)nn21. The second-order valence-corrected chi connectivity index (χ2v) is 7.09. The van der Waals surface area contributed by atoms with E-state index in [4.69, 9.17) is 0 Å². The van der Waals surface area contributed by atoms with E-state index >= 15 is 0 Å². The molecule has 1 aliphatic rings. The highest BCUT2D eigenvalue weighted by molar-refractivity contribution is 7.99. The van der Waals surface area contributed by atoms with Crippen LogP contribution in [0.2, 0.25) is 0 Å². The van der Waals surface area contributed by atoms with Crippen molar-refractivity contribution in [1.82, 2.24) is 19.7 Å². The summed E-state index contributed by atoms with van der Waals surface area (Å²) >= 11 is 1.37. The van der Waals surface area contributed by atoms with Gasteiger partial charge in [0, 0.05) is 22.9 Å². The first-order valence-corrected chi connectivity index (χ1v) is 9.14. The lowest BCUT2D eigenvalue weighted by atomic mass is 10.1. The third-order valence-electron chi connectivity index (χ3n) is 4.39. The molecule has 0 saturated carbocycles. The molecular weight excluding hydrogens is 363 g/mol. The van der Waals surface area contributed by atoms with E-state index in [2.05, 4.69) is 15.1 Å². The van der Waals surface area contributed by atoms with Crippen molar-refractivity contribution in [2.24, 2.45) is 0 Å². The van der Waals surface area contributed by atoms with E-state index in [0.717, 1.165) is 16.7 Å². The van der Waals surface area contributed by atoms with Crippen LogP contribution in [0, 0.1) is 5.82 Å². The number of fused-ring (bicyclic) bond motifs is 2. The van der Waals surface area contributed by atoms with Gasteiger partial charge in [-0.15, -0.1) is 5.10 Å². The van der Waals surface area contributed by atoms with Crippen LogP contribution < -0.4 is 0 Å². The predicted molar refractivity (Wildman–Crippen MR) is 99.6 cm³/mol. The first-order chi connectivity index (χ1) is 13.2. The Hall–Kier alpha value is -3.03. The molecule has 4 aromatic rings. The van der Waals surface area contributed by atoms with E-state index < -0.39 is 6.23 Å². The maximum Gasteiger partial charge on any atom is 0.195 e. The van der Waals surface area contributed by atoms with Crippen LogP contribution in [-0.4, -0.2) is 24.9 Å². The smallest absolute Gasteiger partial charge is 0.195 e. The molecule has 0 spiro atoms. The van der Waals surface area contributed by atoms with Gasteiger partial charge in [-0.05, 0) is 35.5 Å². The number of aromatic nitrogens is 4. The van der Waals surface area contributed by atoms with Crippen molar-refractivity contribution >= 4 is 11.8 Å². The quantitative estimate of drug-likeness (QED) is 0.569. The van der Waals surface area contributed by atoms with Crippen LogP contribution in [0.15, 0.2) is 77.0 Å². The number of hydrogen-bond donors (Lipinski definition) is 1. The van der Waals surface area contributed by atoms with E-state index in [9.17, 15) is 9.50 Å². The number of rotatable bonds is 2. The molecule has 0 bridgehead atoms. The number of aliphatic hydroxyl groups excluding tert-OH is 1. The molecule has 0 saturated heterocycles. The Kier molecular flexibility index (Phi) is 3.77. The molecule has 132 valence electrons. The largest absolute Gasteiger partial charge is 0.368 e. The lowest BCUT2D eigenvalue weighted by Crippen LogP contribution is -2.18. The molecule has 0 amide bonds. The second-order valence-electron chi connectivity index (χ2n) is 6.13. The number of benzene rings is 2. The maximum atomic E-state index is 13.2. The molecular formula is C20H13FN4OS. The predicted octanol–water partition coefficient (Wildman–Crippen LogP) is 4.15. The van der Waals surface area contributed by atoms with Crippen LogP contribution >= 0.6 is 11.8 Å². The Morgan fingerprint density at radius 1 is 0.963 bits per heavy atom. The summed E-state index contributed by atoms with van der Waals surface area (Å²) in [6.07, 6.45) is 0.741. The van der Waals surface area contributed by atoms with Gasteiger partial charge < -0.3 is 5.11 Å². The topological polar surface area (TPSA) is 63.8 Å². The molecule has 0 fully saturated rings. The minimum absolute atomic E-state index is 0.291. The summed E-state index contributed by atoms with van der Waals surface area (Å²) in [5, 5.41) is 16.6. The van der Waals surface area contributed by atoms with Crippen LogP contribution in [0.5, 0.6) is 0 Å². The minimum atomic E-state index is -0.978. The van der Waals surface area contributed by atoms with E-state index in [1.807, 2.05) is 36.4 Å². The molecule has 0 unspecified atom stereocenters. The fourth-order valence-electron chi connectivity index (χ4n) is 3.01. The summed E-state index contributed by atoms with van der Waals surface area (Å²) in [5.74, 6) is 0.268. The van der Waals surface area contributed by atoms with Gasteiger partial charge in [-0.2, -0.15) is 0 Å². The zero-order valence-electron chi connectivity index (χ0n) is 14.0. The van der Waals surface area contributed by atoms with Gasteiger partial charge in [-0.3, -0.25) is 0 Å². The Labute approximate surface area is 158 Å². The lowest BCUT2D eigenvalue weighted by Gasteiger charge is -2.21. The van der Waals surface area contributed by atoms with Crippen molar-refractivity contribution < 1.29 is 9.50 Å². The standard InChI is InChI=1S/C20H13FN4OS/c21-15-8-6-12(7-9-15)14-10-16-18(22-11-14)27-20-23-17(24-25(20)19(16)26)13-4-2-1-3-5-13/h1-11,19,26H/t19-/m0/s1. The number of nitrogens with zero attached hydrogens (tertiary/aromatic N) is 4. The molecule has 27 heavy (non-hydrogen) atoms. The summed E-state index contributed by atoms with van der Waals surface area (Å²) in [5.41, 5.74) is 3.17. The van der Waals surface area contributed by atoms with Gasteiger partial charge in [0.25, 0.3) is 0 Å². The molecule has 5 nitrogen and oxygen atoms in total. The van der Waals surface area contributed by atoms with E-state index in [0.29, 0.717) is 21.6 Å². The summed E-state index contributed by atoms with van der Waals surface area (Å²) < 4.78 is 14.7. The third-order valence-corrected chi connectivity index (χ3v) is 5.38. The van der Waals surface area contributed by atoms with E-state index in [1.54, 1.807) is 18.3 Å². The minimum Gasteiger partial charge on any atom is -0.368 e. The Balaban J connectivity index is 1.55. The Morgan fingerprint density at radius 2 is 1.74 bits per heavy atom.